The molecule has 0 bridgehead atoms. The minimum absolute atomic E-state index is 0.124. The van der Waals surface area contributed by atoms with Gasteiger partial charge in [-0.15, -0.1) is 0 Å². The third-order valence-electron chi connectivity index (χ3n) is 9.62. The number of aliphatic hydroxyl groups excluding tert-OH is 2. The van der Waals surface area contributed by atoms with E-state index >= 15 is 0 Å². The van der Waals surface area contributed by atoms with Crippen LogP contribution in [-0.2, 0) is 0 Å². The van der Waals surface area contributed by atoms with Crippen molar-refractivity contribution < 1.29 is 19.0 Å². The molecule has 4 aliphatic carbocycles. The van der Waals surface area contributed by atoms with Crippen LogP contribution < -0.4 is 0 Å². The normalized spacial score (nSPS) is 49.2. The number of aliphatic hydroxyl groups is 2. The van der Waals surface area contributed by atoms with Crippen LogP contribution in [-0.4, -0.2) is 28.8 Å². The quantitative estimate of drug-likeness (QED) is 0.633. The van der Waals surface area contributed by atoms with Gasteiger partial charge in [0.05, 0.1) is 6.10 Å². The lowest BCUT2D eigenvalue weighted by Crippen LogP contribution is -2.53. The van der Waals surface area contributed by atoms with E-state index in [0.29, 0.717) is 29.1 Å². The Morgan fingerprint density at radius 2 is 1.81 bits per heavy atom. The van der Waals surface area contributed by atoms with Gasteiger partial charge in [-0.2, -0.15) is 8.78 Å². The molecule has 0 aromatic heterocycles. The van der Waals surface area contributed by atoms with Gasteiger partial charge in [-0.05, 0) is 105 Å². The molecule has 0 amide bonds. The van der Waals surface area contributed by atoms with Crippen molar-refractivity contribution >= 4 is 0 Å². The maximum absolute atomic E-state index is 14.2. The first-order valence-corrected chi connectivity index (χ1v) is 11.0. The Morgan fingerprint density at radius 3 is 2.52 bits per heavy atom. The highest BCUT2D eigenvalue weighted by Crippen LogP contribution is 2.68. The van der Waals surface area contributed by atoms with Crippen LogP contribution in [0.3, 0.4) is 0 Å². The molecule has 4 heteroatoms. The Labute approximate surface area is 162 Å². The van der Waals surface area contributed by atoms with Gasteiger partial charge in [0, 0.05) is 0 Å². The van der Waals surface area contributed by atoms with Gasteiger partial charge in [0.1, 0.15) is 6.61 Å². The Balaban J connectivity index is 1.64. The van der Waals surface area contributed by atoms with Crippen LogP contribution in [0.2, 0.25) is 0 Å². The van der Waals surface area contributed by atoms with Crippen molar-refractivity contribution in [1.29, 1.82) is 0 Å². The molecule has 27 heavy (non-hydrogen) atoms. The summed E-state index contributed by atoms with van der Waals surface area (Å²) in [5, 5.41) is 19.3. The first kappa shape index (κ1) is 19.8. The molecule has 0 heterocycles. The van der Waals surface area contributed by atoms with Crippen LogP contribution in [0.4, 0.5) is 8.78 Å². The fraction of sp³-hybridized carbons (Fsp3) is 0.913. The molecule has 0 aromatic rings. The molecule has 0 radical (unpaired) electrons. The van der Waals surface area contributed by atoms with Crippen molar-refractivity contribution in [1.82, 2.24) is 0 Å². The largest absolute Gasteiger partial charge is 0.393 e. The summed E-state index contributed by atoms with van der Waals surface area (Å²) in [7, 11) is 0. The maximum atomic E-state index is 14.2. The number of allylic oxidation sites excluding steroid dienone is 1. The minimum Gasteiger partial charge on any atom is -0.393 e. The van der Waals surface area contributed by atoms with E-state index in [-0.39, 0.29) is 17.1 Å². The number of halogens is 2. The second kappa shape index (κ2) is 6.52. The second-order valence-electron chi connectivity index (χ2n) is 10.5. The van der Waals surface area contributed by atoms with Gasteiger partial charge in [0.25, 0.3) is 5.92 Å². The van der Waals surface area contributed by atoms with E-state index in [1.54, 1.807) is 6.92 Å². The predicted octanol–water partition coefficient (Wildman–Crippen LogP) is 5.33. The van der Waals surface area contributed by atoms with Crippen molar-refractivity contribution in [3.63, 3.8) is 0 Å². The summed E-state index contributed by atoms with van der Waals surface area (Å²) in [4.78, 5) is 0. The van der Waals surface area contributed by atoms with Crippen LogP contribution in [0.25, 0.3) is 0 Å². The highest BCUT2D eigenvalue weighted by Gasteiger charge is 2.59. The van der Waals surface area contributed by atoms with Gasteiger partial charge in [0.15, 0.2) is 0 Å². The number of hydrogen-bond acceptors (Lipinski definition) is 2. The number of hydrogen-bond donors (Lipinski definition) is 2. The average molecular weight is 383 g/mol. The molecule has 0 aliphatic heterocycles. The highest BCUT2D eigenvalue weighted by atomic mass is 19.3. The van der Waals surface area contributed by atoms with Crippen molar-refractivity contribution in [3.8, 4) is 0 Å². The van der Waals surface area contributed by atoms with Crippen LogP contribution in [0.1, 0.15) is 78.6 Å². The van der Waals surface area contributed by atoms with E-state index in [2.05, 4.69) is 13.8 Å². The van der Waals surface area contributed by atoms with E-state index in [9.17, 15) is 19.0 Å². The fourth-order valence-electron chi connectivity index (χ4n) is 8.00. The molecule has 2 nitrogen and oxygen atoms in total. The molecule has 7 atom stereocenters. The van der Waals surface area contributed by atoms with Crippen molar-refractivity contribution in [3.05, 3.63) is 11.1 Å². The van der Waals surface area contributed by atoms with E-state index in [1.165, 1.54) is 12.8 Å². The molecule has 2 N–H and O–H groups in total. The van der Waals surface area contributed by atoms with Gasteiger partial charge in [-0.3, -0.25) is 0 Å². The number of rotatable bonds is 2. The number of alkyl halides is 2. The molecule has 0 saturated heterocycles. The van der Waals surface area contributed by atoms with Gasteiger partial charge in [-0.1, -0.05) is 19.4 Å². The lowest BCUT2D eigenvalue weighted by atomic mass is 9.45. The molecule has 0 spiro atoms. The summed E-state index contributed by atoms with van der Waals surface area (Å²) in [6.45, 7) is 5.15. The van der Waals surface area contributed by atoms with E-state index < -0.39 is 12.5 Å². The minimum atomic E-state index is -3.09. The summed E-state index contributed by atoms with van der Waals surface area (Å²) in [6.07, 6.45) is 9.16. The van der Waals surface area contributed by atoms with E-state index in [4.69, 9.17) is 0 Å². The van der Waals surface area contributed by atoms with Crippen LogP contribution >= 0.6 is 0 Å². The number of fused-ring (bicyclic) bond motifs is 5. The third-order valence-corrected chi connectivity index (χ3v) is 9.62. The Hall–Kier alpha value is -0.480. The monoisotopic (exact) mass is 382 g/mol. The molecular formula is C23H36F2O2. The summed E-state index contributed by atoms with van der Waals surface area (Å²) in [5.41, 5.74) is 1.27. The molecule has 4 fully saturated rings. The standard InChI is InChI=1S/C23H36F2O2/c1-14(23(24,25)13-26)18-6-7-19-17-5-4-15-12-16(27)8-10-21(15,2)20(17)9-11-22(18,19)3/h15-17,19-20,26-27H,4-13H2,1-3H3/b18-14+/t15?,16-,17?,19?,20?,21-,22+/m0/s1. The zero-order valence-corrected chi connectivity index (χ0v) is 17.1. The maximum Gasteiger partial charge on any atom is 0.291 e. The smallest absolute Gasteiger partial charge is 0.291 e. The van der Waals surface area contributed by atoms with E-state index in [1.807, 2.05) is 0 Å². The lowest BCUT2D eigenvalue weighted by Gasteiger charge is -2.60. The van der Waals surface area contributed by atoms with Gasteiger partial charge < -0.3 is 10.2 Å². The molecule has 4 rings (SSSR count). The fourth-order valence-corrected chi connectivity index (χ4v) is 8.00. The van der Waals surface area contributed by atoms with Crippen molar-refractivity contribution in [2.24, 2.45) is 34.5 Å². The molecule has 4 aliphatic rings. The highest BCUT2D eigenvalue weighted by molar-refractivity contribution is 5.31. The van der Waals surface area contributed by atoms with Crippen LogP contribution in [0, 0.1) is 34.5 Å². The predicted molar refractivity (Wildman–Crippen MR) is 102 cm³/mol. The topological polar surface area (TPSA) is 40.5 Å². The summed E-state index contributed by atoms with van der Waals surface area (Å²) in [5.74, 6) is -0.648. The lowest BCUT2D eigenvalue weighted by molar-refractivity contribution is -0.117. The molecule has 4 unspecified atom stereocenters. The summed E-state index contributed by atoms with van der Waals surface area (Å²) < 4.78 is 28.5. The first-order valence-electron chi connectivity index (χ1n) is 11.0. The van der Waals surface area contributed by atoms with Gasteiger partial charge in [0.2, 0.25) is 0 Å². The SMILES string of the molecule is C/C(=C1/CCC2C3CCC4C[C@@H](O)CC[C@]4(C)C3CC[C@]12C)C(F)(F)CO. The Morgan fingerprint density at radius 1 is 1.07 bits per heavy atom. The molecule has 154 valence electrons. The molecular weight excluding hydrogens is 346 g/mol. The second-order valence-corrected chi connectivity index (χ2v) is 10.5. The van der Waals surface area contributed by atoms with Gasteiger partial charge in [-0.25, -0.2) is 0 Å². The van der Waals surface area contributed by atoms with Crippen molar-refractivity contribution in [2.45, 2.75) is 90.6 Å². The van der Waals surface area contributed by atoms with Crippen molar-refractivity contribution in [2.75, 3.05) is 6.61 Å². The zero-order valence-electron chi connectivity index (χ0n) is 17.1. The third kappa shape index (κ3) is 2.84. The molecule has 4 saturated carbocycles. The first-order chi connectivity index (χ1) is 12.6. The average Bonchev–Trinajstić information content (AvgIpc) is 2.98. The van der Waals surface area contributed by atoms with Crippen LogP contribution in [0.5, 0.6) is 0 Å². The van der Waals surface area contributed by atoms with E-state index in [0.717, 1.165) is 50.5 Å². The Kier molecular flexibility index (Phi) is 4.78. The van der Waals surface area contributed by atoms with Crippen LogP contribution in [0.15, 0.2) is 11.1 Å². The zero-order chi connectivity index (χ0) is 19.6. The van der Waals surface area contributed by atoms with Gasteiger partial charge >= 0.3 is 0 Å². The summed E-state index contributed by atoms with van der Waals surface area (Å²) >= 11 is 0. The Bertz CT molecular complexity index is 630. The molecule has 0 aromatic carbocycles. The summed E-state index contributed by atoms with van der Waals surface area (Å²) in [6, 6.07) is 0.